The van der Waals surface area contributed by atoms with E-state index in [2.05, 4.69) is 69.6 Å². The molecule has 0 aliphatic carbocycles. The van der Waals surface area contributed by atoms with Crippen molar-refractivity contribution in [1.82, 2.24) is 4.98 Å². The van der Waals surface area contributed by atoms with Crippen LogP contribution in [0.1, 0.15) is 52.7 Å². The van der Waals surface area contributed by atoms with Gasteiger partial charge < -0.3 is 19.8 Å². The average Bonchev–Trinajstić information content (AvgIpc) is 3.05. The molecule has 5 aromatic rings. The maximum absolute atomic E-state index is 11.6. The van der Waals surface area contributed by atoms with Crippen LogP contribution in [0.4, 0.5) is 0 Å². The van der Waals surface area contributed by atoms with E-state index in [1.54, 1.807) is 18.6 Å². The van der Waals surface area contributed by atoms with Crippen LogP contribution in [0.3, 0.4) is 0 Å². The van der Waals surface area contributed by atoms with Gasteiger partial charge in [0.2, 0.25) is 0 Å². The van der Waals surface area contributed by atoms with Crippen LogP contribution in [0, 0.1) is 10.8 Å². The van der Waals surface area contributed by atoms with Crippen molar-refractivity contribution in [2.24, 2.45) is 20.8 Å². The van der Waals surface area contributed by atoms with E-state index in [0.29, 0.717) is 0 Å². The quantitative estimate of drug-likeness (QED) is 0.109. The van der Waals surface area contributed by atoms with Crippen LogP contribution in [-0.4, -0.2) is 41.4 Å². The van der Waals surface area contributed by atoms with E-state index in [4.69, 9.17) is 0 Å². The Bertz CT molecular complexity index is 1880. The van der Waals surface area contributed by atoms with Crippen LogP contribution in [-0.2, 0) is 9.59 Å². The molecule has 0 aliphatic rings. The van der Waals surface area contributed by atoms with Gasteiger partial charge in [0, 0.05) is 35.1 Å². The van der Waals surface area contributed by atoms with E-state index in [0.717, 1.165) is 27.3 Å². The molecule has 10 heteroatoms. The predicted molar refractivity (Wildman–Crippen MR) is 199 cm³/mol. The molecule has 252 valence electrons. The number of nitrogens with zero attached hydrogens (tertiary/aromatic N) is 3. The maximum atomic E-state index is 11.6. The Labute approximate surface area is 347 Å². The molecule has 1 heterocycles. The van der Waals surface area contributed by atoms with E-state index >= 15 is 0 Å². The number of carboxylic acids is 2. The first-order valence-corrected chi connectivity index (χ1v) is 17.4. The second-order valence-corrected chi connectivity index (χ2v) is 15.9. The largest absolute Gasteiger partial charge is 1.00 e. The number of carboxylic acid groups (broad SMARTS) is 2. The fourth-order valence-electron chi connectivity index (χ4n) is 5.20. The van der Waals surface area contributed by atoms with E-state index < -0.39 is 42.8 Å². The van der Waals surface area contributed by atoms with Crippen molar-refractivity contribution in [1.29, 1.82) is 0 Å². The van der Waals surface area contributed by atoms with Gasteiger partial charge in [-0.15, -0.1) is 0 Å². The minimum atomic E-state index is -1.16. The molecule has 0 bridgehead atoms. The van der Waals surface area contributed by atoms with E-state index in [9.17, 15) is 19.8 Å². The molecule has 0 radical (unpaired) electrons. The standard InChI is InChI=1S/C25H26NO2P.C16H18N2O2.2Na/c1-25(2,3)23(24(27)28)26-18-19-12-10-11-17-22(19)29(20-13-6-4-7-14-20)21-15-8-5-9-16-21;1-16(2,3)14(15(19)20)18-10-12-7-4-6-11-8-5-9-17-13(11)12;;/h4-18,23H,1-3H3,(H,27,28);4-10,14H,1-3H3,(H,19,20);;/q;;2*+1/p-2/t23-;14-;;/m11../s1. The van der Waals surface area contributed by atoms with Gasteiger partial charge in [-0.2, -0.15) is 0 Å². The summed E-state index contributed by atoms with van der Waals surface area (Å²) in [7, 11) is -0.795. The van der Waals surface area contributed by atoms with Gasteiger partial charge in [-0.3, -0.25) is 15.0 Å². The summed E-state index contributed by atoms with van der Waals surface area (Å²) in [4.78, 5) is 35.7. The molecule has 7 nitrogen and oxygen atoms in total. The zero-order chi connectivity index (χ0) is 35.6. The third-order valence-corrected chi connectivity index (χ3v) is 10.2. The van der Waals surface area contributed by atoms with Gasteiger partial charge in [0.15, 0.2) is 0 Å². The minimum absolute atomic E-state index is 0. The number of hydrogen-bond donors (Lipinski definition) is 0. The summed E-state index contributed by atoms with van der Waals surface area (Å²) in [5.41, 5.74) is 1.53. The molecule has 5 rings (SSSR count). The Hall–Kier alpha value is -3.00. The zero-order valence-corrected chi connectivity index (χ0v) is 35.7. The first-order chi connectivity index (χ1) is 23.3. The number of rotatable bonds is 9. The Morgan fingerprint density at radius 2 is 1.04 bits per heavy atom. The van der Waals surface area contributed by atoms with Crippen LogP contribution in [0.5, 0.6) is 0 Å². The monoisotopic (exact) mass is 717 g/mol. The van der Waals surface area contributed by atoms with Gasteiger partial charge in [-0.1, -0.05) is 151 Å². The zero-order valence-electron chi connectivity index (χ0n) is 30.8. The topological polar surface area (TPSA) is 118 Å². The van der Waals surface area contributed by atoms with Gasteiger partial charge in [0.25, 0.3) is 0 Å². The first-order valence-electron chi connectivity index (χ1n) is 16.1. The molecule has 0 fully saturated rings. The smallest absolute Gasteiger partial charge is 0.548 e. The summed E-state index contributed by atoms with van der Waals surface area (Å²) in [5.74, 6) is -2.32. The molecule has 2 atom stereocenters. The predicted octanol–water partition coefficient (Wildman–Crippen LogP) is -1.15. The Kier molecular flexibility index (Phi) is 17.6. The fourth-order valence-corrected chi connectivity index (χ4v) is 7.62. The van der Waals surface area contributed by atoms with Crippen LogP contribution in [0.25, 0.3) is 10.9 Å². The van der Waals surface area contributed by atoms with Crippen LogP contribution >= 0.6 is 7.92 Å². The second-order valence-electron chi connectivity index (χ2n) is 13.7. The molecule has 0 N–H and O–H groups in total. The number of aromatic nitrogens is 1. The van der Waals surface area contributed by atoms with Gasteiger partial charge in [-0.05, 0) is 40.7 Å². The van der Waals surface area contributed by atoms with E-state index in [1.807, 2.05) is 102 Å². The normalized spacial score (nSPS) is 12.8. The van der Waals surface area contributed by atoms with Crippen molar-refractivity contribution in [3.05, 3.63) is 133 Å². The summed E-state index contributed by atoms with van der Waals surface area (Å²) in [6.45, 7) is 11.1. The van der Waals surface area contributed by atoms with Crippen LogP contribution in [0.15, 0.2) is 131 Å². The Morgan fingerprint density at radius 3 is 1.53 bits per heavy atom. The molecule has 0 unspecified atom stereocenters. The van der Waals surface area contributed by atoms with Gasteiger partial charge >= 0.3 is 59.1 Å². The number of carbonyl (C=O) groups is 2. The molecule has 1 aromatic heterocycles. The van der Waals surface area contributed by atoms with Crippen molar-refractivity contribution in [3.63, 3.8) is 0 Å². The number of fused-ring (bicyclic) bond motifs is 1. The number of para-hydroxylation sites is 1. The molecule has 0 saturated carbocycles. The van der Waals surface area contributed by atoms with Gasteiger partial charge in [0.1, 0.15) is 0 Å². The number of aliphatic imine (C=N–C) groups is 2. The maximum Gasteiger partial charge on any atom is 1.00 e. The molecular formula is C41H42N3Na2O4P. The molecule has 0 amide bonds. The van der Waals surface area contributed by atoms with Gasteiger partial charge in [0.05, 0.1) is 29.5 Å². The summed E-state index contributed by atoms with van der Waals surface area (Å²) in [6, 6.07) is 36.7. The molecular weight excluding hydrogens is 675 g/mol. The van der Waals surface area contributed by atoms with E-state index in [1.165, 1.54) is 10.6 Å². The number of pyridine rings is 1. The molecule has 4 aromatic carbocycles. The second kappa shape index (κ2) is 20.3. The van der Waals surface area contributed by atoms with Crippen molar-refractivity contribution in [2.75, 3.05) is 0 Å². The minimum Gasteiger partial charge on any atom is -0.548 e. The number of benzene rings is 4. The van der Waals surface area contributed by atoms with Crippen molar-refractivity contribution >= 4 is 59.1 Å². The molecule has 0 saturated heterocycles. The number of aliphatic carboxylic acids is 2. The summed E-state index contributed by atoms with van der Waals surface area (Å²) < 4.78 is 0. The summed E-state index contributed by atoms with van der Waals surface area (Å²) >= 11 is 0. The van der Waals surface area contributed by atoms with Crippen LogP contribution in [0.2, 0.25) is 0 Å². The van der Waals surface area contributed by atoms with Crippen molar-refractivity contribution in [2.45, 2.75) is 53.6 Å². The molecule has 0 spiro atoms. The molecule has 0 aliphatic heterocycles. The first kappa shape index (κ1) is 44.2. The number of carbonyl (C=O) groups excluding carboxylic acids is 2. The van der Waals surface area contributed by atoms with Crippen molar-refractivity contribution in [3.8, 4) is 0 Å². The third kappa shape index (κ3) is 12.6. The number of hydrogen-bond acceptors (Lipinski definition) is 7. The average molecular weight is 718 g/mol. The summed E-state index contributed by atoms with van der Waals surface area (Å²) in [5, 5.41) is 27.4. The summed E-state index contributed by atoms with van der Waals surface area (Å²) in [6.07, 6.45) is 4.98. The van der Waals surface area contributed by atoms with Gasteiger partial charge in [-0.25, -0.2) is 0 Å². The third-order valence-electron chi connectivity index (χ3n) is 7.68. The Morgan fingerprint density at radius 1 is 0.608 bits per heavy atom. The van der Waals surface area contributed by atoms with E-state index in [-0.39, 0.29) is 59.1 Å². The fraction of sp³-hybridized carbons (Fsp3) is 0.244. The SMILES string of the molecule is CC(C)(C)[C@H](N=Cc1cccc2cccnc12)C(=O)[O-].CC(C)(C)[C@H](N=Cc1ccccc1P(c1ccccc1)c1ccccc1)C(=O)[O-].[Na+].[Na+]. The van der Waals surface area contributed by atoms with Crippen molar-refractivity contribution < 1.29 is 78.9 Å². The van der Waals surface area contributed by atoms with Crippen LogP contribution < -0.4 is 85.2 Å². The Balaban J connectivity index is 0.000000362. The molecule has 51 heavy (non-hydrogen) atoms.